The van der Waals surface area contributed by atoms with Gasteiger partial charge in [0.1, 0.15) is 12.4 Å². The predicted molar refractivity (Wildman–Crippen MR) is 117 cm³/mol. The minimum Gasteiger partial charge on any atom is -0.492 e. The van der Waals surface area contributed by atoms with Gasteiger partial charge in [0.05, 0.1) is 18.8 Å². The van der Waals surface area contributed by atoms with Crippen molar-refractivity contribution in [1.82, 2.24) is 15.8 Å². The van der Waals surface area contributed by atoms with Gasteiger partial charge in [0.15, 0.2) is 11.7 Å². The third-order valence-corrected chi connectivity index (χ3v) is 5.27. The topological polar surface area (TPSA) is 101 Å². The number of carbonyl (C=O) groups is 1. The first-order chi connectivity index (χ1) is 14.6. The lowest BCUT2D eigenvalue weighted by atomic mass is 9.99. The lowest BCUT2D eigenvalue weighted by molar-refractivity contribution is -0.116. The molecule has 1 aliphatic rings. The second kappa shape index (κ2) is 10.7. The molecule has 0 bridgehead atoms. The van der Waals surface area contributed by atoms with Crippen molar-refractivity contribution in [3.63, 3.8) is 0 Å². The largest absolute Gasteiger partial charge is 0.492 e. The number of anilines is 1. The number of fused-ring (bicyclic) bond motifs is 1. The Morgan fingerprint density at radius 3 is 2.87 bits per heavy atom. The average molecular weight is 414 g/mol. The fourth-order valence-corrected chi connectivity index (χ4v) is 3.49. The van der Waals surface area contributed by atoms with E-state index < -0.39 is 0 Å². The molecule has 2 aromatic rings. The zero-order chi connectivity index (χ0) is 21.3. The summed E-state index contributed by atoms with van der Waals surface area (Å²) < 4.78 is 11.3. The SMILES string of the molecule is CCC(CC)c1cc(CNC(=NC)NCCOc2ccc3c(c2)CCC(=O)N3)on1. The summed E-state index contributed by atoms with van der Waals surface area (Å²) in [6.07, 6.45) is 3.37. The summed E-state index contributed by atoms with van der Waals surface area (Å²) in [7, 11) is 1.73. The number of carbonyl (C=O) groups excluding carboxylic acids is 1. The van der Waals surface area contributed by atoms with E-state index in [4.69, 9.17) is 9.26 Å². The van der Waals surface area contributed by atoms with Gasteiger partial charge in [-0.2, -0.15) is 0 Å². The van der Waals surface area contributed by atoms with E-state index in [1.54, 1.807) is 7.05 Å². The molecule has 1 aromatic carbocycles. The first kappa shape index (κ1) is 21.7. The van der Waals surface area contributed by atoms with Crippen molar-refractivity contribution in [3.05, 3.63) is 41.3 Å². The number of aromatic nitrogens is 1. The number of ether oxygens (including phenoxy) is 1. The van der Waals surface area contributed by atoms with Crippen molar-refractivity contribution < 1.29 is 14.1 Å². The Bertz CT molecular complexity index is 873. The van der Waals surface area contributed by atoms with Crippen LogP contribution < -0.4 is 20.7 Å². The fourth-order valence-electron chi connectivity index (χ4n) is 3.49. The summed E-state index contributed by atoms with van der Waals surface area (Å²) in [6, 6.07) is 7.77. The highest BCUT2D eigenvalue weighted by Gasteiger charge is 2.15. The molecular formula is C22H31N5O3. The molecule has 0 radical (unpaired) electrons. The number of nitrogens with zero attached hydrogens (tertiary/aromatic N) is 2. The Hall–Kier alpha value is -3.03. The molecule has 3 N–H and O–H groups in total. The van der Waals surface area contributed by atoms with Crippen LogP contribution in [0, 0.1) is 0 Å². The van der Waals surface area contributed by atoms with E-state index in [0.717, 1.165) is 47.7 Å². The van der Waals surface area contributed by atoms with E-state index in [2.05, 4.69) is 39.9 Å². The molecule has 8 nitrogen and oxygen atoms in total. The third kappa shape index (κ3) is 5.75. The molecule has 2 heterocycles. The van der Waals surface area contributed by atoms with E-state index >= 15 is 0 Å². The number of nitrogens with one attached hydrogen (secondary N) is 3. The molecule has 0 fully saturated rings. The third-order valence-electron chi connectivity index (χ3n) is 5.27. The van der Waals surface area contributed by atoms with Crippen LogP contribution in [0.25, 0.3) is 0 Å². The van der Waals surface area contributed by atoms with Crippen molar-refractivity contribution in [2.24, 2.45) is 4.99 Å². The van der Waals surface area contributed by atoms with Crippen LogP contribution in [-0.4, -0.2) is 37.2 Å². The number of aryl methyl sites for hydroxylation is 1. The molecular weight excluding hydrogens is 382 g/mol. The Kier molecular flexibility index (Phi) is 7.70. The van der Waals surface area contributed by atoms with Crippen molar-refractivity contribution in [1.29, 1.82) is 0 Å². The van der Waals surface area contributed by atoms with Gasteiger partial charge < -0.3 is 25.2 Å². The second-order valence-electron chi connectivity index (χ2n) is 7.30. The maximum atomic E-state index is 11.4. The molecule has 3 rings (SSSR count). The van der Waals surface area contributed by atoms with E-state index in [1.807, 2.05) is 24.3 Å². The quantitative estimate of drug-likeness (QED) is 0.332. The second-order valence-corrected chi connectivity index (χ2v) is 7.30. The predicted octanol–water partition coefficient (Wildman–Crippen LogP) is 3.21. The number of rotatable bonds is 9. The first-order valence-electron chi connectivity index (χ1n) is 10.6. The molecule has 0 saturated heterocycles. The number of benzene rings is 1. The number of hydrogen-bond acceptors (Lipinski definition) is 5. The average Bonchev–Trinajstić information content (AvgIpc) is 3.23. The lowest BCUT2D eigenvalue weighted by Crippen LogP contribution is -2.38. The summed E-state index contributed by atoms with van der Waals surface area (Å²) in [5, 5.41) is 13.5. The zero-order valence-electron chi connectivity index (χ0n) is 18.0. The van der Waals surface area contributed by atoms with Gasteiger partial charge in [0, 0.05) is 31.1 Å². The van der Waals surface area contributed by atoms with E-state index in [1.165, 1.54) is 0 Å². The molecule has 30 heavy (non-hydrogen) atoms. The van der Waals surface area contributed by atoms with Crippen LogP contribution in [0.15, 0.2) is 33.8 Å². The summed E-state index contributed by atoms with van der Waals surface area (Å²) in [6.45, 7) is 5.94. The van der Waals surface area contributed by atoms with Crippen LogP contribution in [-0.2, 0) is 17.8 Å². The van der Waals surface area contributed by atoms with Gasteiger partial charge in [-0.25, -0.2) is 0 Å². The Balaban J connectivity index is 1.40. The van der Waals surface area contributed by atoms with Gasteiger partial charge >= 0.3 is 0 Å². The van der Waals surface area contributed by atoms with E-state index in [0.29, 0.717) is 38.0 Å². The van der Waals surface area contributed by atoms with Crippen LogP contribution in [0.3, 0.4) is 0 Å². The van der Waals surface area contributed by atoms with Crippen molar-refractivity contribution >= 4 is 17.6 Å². The van der Waals surface area contributed by atoms with E-state index in [-0.39, 0.29) is 5.91 Å². The van der Waals surface area contributed by atoms with Gasteiger partial charge in [-0.1, -0.05) is 19.0 Å². The van der Waals surface area contributed by atoms with Gasteiger partial charge in [0.25, 0.3) is 0 Å². The van der Waals surface area contributed by atoms with Crippen LogP contribution in [0.5, 0.6) is 5.75 Å². The molecule has 0 aliphatic carbocycles. The number of hydrogen-bond donors (Lipinski definition) is 3. The Labute approximate surface area is 177 Å². The normalized spacial score (nSPS) is 13.7. The van der Waals surface area contributed by atoms with Gasteiger partial charge in [0.2, 0.25) is 5.91 Å². The standard InChI is InChI=1S/C22H31N5O3/c1-4-15(5-2)20-13-18(30-27-20)14-25-22(23-3)24-10-11-29-17-7-8-19-16(12-17)6-9-21(28)26-19/h7-8,12-13,15H,4-6,9-11,14H2,1-3H3,(H,26,28)(H2,23,24,25). The van der Waals surface area contributed by atoms with Crippen LogP contribution in [0.4, 0.5) is 5.69 Å². The fraction of sp³-hybridized carbons (Fsp3) is 0.500. The Morgan fingerprint density at radius 2 is 2.10 bits per heavy atom. The number of guanidine groups is 1. The maximum Gasteiger partial charge on any atom is 0.224 e. The Morgan fingerprint density at radius 1 is 1.27 bits per heavy atom. The maximum absolute atomic E-state index is 11.4. The highest BCUT2D eigenvalue weighted by atomic mass is 16.5. The van der Waals surface area contributed by atoms with Crippen LogP contribution in [0.1, 0.15) is 56.0 Å². The molecule has 1 amide bonds. The number of amides is 1. The van der Waals surface area contributed by atoms with Crippen LogP contribution >= 0.6 is 0 Å². The summed E-state index contributed by atoms with van der Waals surface area (Å²) in [5.74, 6) is 2.77. The van der Waals surface area contributed by atoms with Crippen molar-refractivity contribution in [2.75, 3.05) is 25.5 Å². The zero-order valence-corrected chi connectivity index (χ0v) is 18.0. The molecule has 0 saturated carbocycles. The summed E-state index contributed by atoms with van der Waals surface area (Å²) in [4.78, 5) is 15.7. The number of aliphatic imine (C=N–C) groups is 1. The molecule has 0 atom stereocenters. The van der Waals surface area contributed by atoms with Crippen molar-refractivity contribution in [2.45, 2.75) is 52.0 Å². The molecule has 1 aromatic heterocycles. The highest BCUT2D eigenvalue weighted by Crippen LogP contribution is 2.26. The molecule has 0 unspecified atom stereocenters. The van der Waals surface area contributed by atoms with Gasteiger partial charge in [-0.3, -0.25) is 9.79 Å². The minimum absolute atomic E-state index is 0.0661. The smallest absolute Gasteiger partial charge is 0.224 e. The van der Waals surface area contributed by atoms with Crippen LogP contribution in [0.2, 0.25) is 0 Å². The monoisotopic (exact) mass is 413 g/mol. The first-order valence-corrected chi connectivity index (χ1v) is 10.6. The highest BCUT2D eigenvalue weighted by molar-refractivity contribution is 5.94. The van der Waals surface area contributed by atoms with E-state index in [9.17, 15) is 4.79 Å². The molecule has 162 valence electrons. The summed E-state index contributed by atoms with van der Waals surface area (Å²) in [5.41, 5.74) is 3.00. The lowest BCUT2D eigenvalue weighted by Gasteiger charge is -2.18. The van der Waals surface area contributed by atoms with Gasteiger partial charge in [-0.15, -0.1) is 0 Å². The van der Waals surface area contributed by atoms with Crippen molar-refractivity contribution in [3.8, 4) is 5.75 Å². The summed E-state index contributed by atoms with van der Waals surface area (Å²) >= 11 is 0. The minimum atomic E-state index is 0.0661. The van der Waals surface area contributed by atoms with Gasteiger partial charge in [-0.05, 0) is 43.0 Å². The molecule has 0 spiro atoms. The molecule has 1 aliphatic heterocycles. The molecule has 8 heteroatoms.